The van der Waals surface area contributed by atoms with E-state index in [4.69, 9.17) is 4.52 Å². The van der Waals surface area contributed by atoms with Crippen molar-refractivity contribution in [1.82, 2.24) is 14.7 Å². The van der Waals surface area contributed by atoms with Gasteiger partial charge in [-0.1, -0.05) is 5.16 Å². The fourth-order valence-electron chi connectivity index (χ4n) is 2.03. The standard InChI is InChI=1S/C13H10N4O4/c1-8-4-10(21-15-8)6-16-7-14-12-5-9(17(19)20)2-3-11(12)13(16)18/h2-5,7H,6H2,1H3. The number of non-ortho nitro benzene ring substituents is 1. The van der Waals surface area contributed by atoms with Gasteiger partial charge in [-0.2, -0.15) is 0 Å². The number of nitro groups is 1. The van der Waals surface area contributed by atoms with Gasteiger partial charge in [-0.15, -0.1) is 0 Å². The SMILES string of the molecule is Cc1cc(Cn2cnc3cc([N+](=O)[O-])ccc3c2=O)on1. The summed E-state index contributed by atoms with van der Waals surface area (Å²) in [6.45, 7) is 1.99. The van der Waals surface area contributed by atoms with Crippen molar-refractivity contribution in [2.24, 2.45) is 0 Å². The van der Waals surface area contributed by atoms with Gasteiger partial charge in [0.2, 0.25) is 0 Å². The number of hydrogen-bond donors (Lipinski definition) is 0. The van der Waals surface area contributed by atoms with E-state index in [1.165, 1.54) is 29.1 Å². The van der Waals surface area contributed by atoms with Gasteiger partial charge in [0.05, 0.1) is 34.4 Å². The quantitative estimate of drug-likeness (QED) is 0.535. The van der Waals surface area contributed by atoms with E-state index in [0.29, 0.717) is 16.7 Å². The maximum atomic E-state index is 12.3. The molecule has 1 aromatic carbocycles. The van der Waals surface area contributed by atoms with Crippen LogP contribution < -0.4 is 5.56 Å². The Kier molecular flexibility index (Phi) is 2.98. The molecule has 0 unspecified atom stereocenters. The van der Waals surface area contributed by atoms with Crippen LogP contribution in [0.1, 0.15) is 11.5 Å². The second-order valence-electron chi connectivity index (χ2n) is 4.57. The Morgan fingerprint density at radius 3 is 2.86 bits per heavy atom. The van der Waals surface area contributed by atoms with Gasteiger partial charge in [0.25, 0.3) is 11.2 Å². The predicted molar refractivity (Wildman–Crippen MR) is 73.0 cm³/mol. The van der Waals surface area contributed by atoms with Crippen molar-refractivity contribution in [3.8, 4) is 0 Å². The van der Waals surface area contributed by atoms with Crippen LogP contribution in [0.2, 0.25) is 0 Å². The Morgan fingerprint density at radius 2 is 2.19 bits per heavy atom. The lowest BCUT2D eigenvalue weighted by Crippen LogP contribution is -2.21. The molecule has 3 aromatic rings. The predicted octanol–water partition coefficient (Wildman–Crippen LogP) is 1.65. The smallest absolute Gasteiger partial charge is 0.271 e. The van der Waals surface area contributed by atoms with E-state index in [-0.39, 0.29) is 17.8 Å². The van der Waals surface area contributed by atoms with Crippen LogP contribution >= 0.6 is 0 Å². The van der Waals surface area contributed by atoms with Crippen molar-refractivity contribution in [3.05, 3.63) is 62.5 Å². The molecule has 0 N–H and O–H groups in total. The van der Waals surface area contributed by atoms with E-state index in [1.807, 2.05) is 0 Å². The molecule has 21 heavy (non-hydrogen) atoms. The molecule has 0 radical (unpaired) electrons. The summed E-state index contributed by atoms with van der Waals surface area (Å²) in [7, 11) is 0. The highest BCUT2D eigenvalue weighted by Gasteiger charge is 2.11. The third kappa shape index (κ3) is 2.38. The summed E-state index contributed by atoms with van der Waals surface area (Å²) < 4.78 is 6.43. The van der Waals surface area contributed by atoms with Crippen molar-refractivity contribution < 1.29 is 9.45 Å². The number of nitro benzene ring substituents is 1. The molecule has 0 atom stereocenters. The van der Waals surface area contributed by atoms with E-state index in [1.54, 1.807) is 13.0 Å². The molecule has 0 saturated heterocycles. The fourth-order valence-corrected chi connectivity index (χ4v) is 2.03. The molecule has 2 aromatic heterocycles. The molecule has 0 aliphatic heterocycles. The lowest BCUT2D eigenvalue weighted by atomic mass is 10.2. The molecule has 0 bridgehead atoms. The lowest BCUT2D eigenvalue weighted by Gasteiger charge is -2.04. The van der Waals surface area contributed by atoms with Crippen LogP contribution in [-0.4, -0.2) is 19.6 Å². The highest BCUT2D eigenvalue weighted by molar-refractivity contribution is 5.79. The highest BCUT2D eigenvalue weighted by Crippen LogP contribution is 2.16. The highest BCUT2D eigenvalue weighted by atomic mass is 16.6. The van der Waals surface area contributed by atoms with Gasteiger partial charge in [0.15, 0.2) is 5.76 Å². The second kappa shape index (κ2) is 4.82. The van der Waals surface area contributed by atoms with Crippen LogP contribution in [0.5, 0.6) is 0 Å². The van der Waals surface area contributed by atoms with Crippen molar-refractivity contribution in [1.29, 1.82) is 0 Å². The third-order valence-corrected chi connectivity index (χ3v) is 3.02. The third-order valence-electron chi connectivity index (χ3n) is 3.02. The Morgan fingerprint density at radius 1 is 1.38 bits per heavy atom. The first kappa shape index (κ1) is 13.0. The zero-order valence-corrected chi connectivity index (χ0v) is 11.0. The number of rotatable bonds is 3. The Hall–Kier alpha value is -3.03. The van der Waals surface area contributed by atoms with Crippen molar-refractivity contribution in [2.75, 3.05) is 0 Å². The van der Waals surface area contributed by atoms with Gasteiger partial charge in [-0.25, -0.2) is 4.98 Å². The molecule has 0 spiro atoms. The second-order valence-corrected chi connectivity index (χ2v) is 4.57. The van der Waals surface area contributed by atoms with E-state index >= 15 is 0 Å². The first-order valence-corrected chi connectivity index (χ1v) is 6.10. The first-order chi connectivity index (χ1) is 10.0. The number of nitrogens with zero attached hydrogens (tertiary/aromatic N) is 4. The maximum Gasteiger partial charge on any atom is 0.271 e. The lowest BCUT2D eigenvalue weighted by molar-refractivity contribution is -0.384. The molecule has 0 fully saturated rings. The molecule has 0 aliphatic carbocycles. The van der Waals surface area contributed by atoms with Crippen LogP contribution in [0.25, 0.3) is 10.9 Å². The van der Waals surface area contributed by atoms with Crippen molar-refractivity contribution >= 4 is 16.6 Å². The molecule has 0 aliphatic rings. The topological polar surface area (TPSA) is 104 Å². The monoisotopic (exact) mass is 286 g/mol. The Bertz CT molecular complexity index is 897. The molecule has 8 nitrogen and oxygen atoms in total. The van der Waals surface area contributed by atoms with Gasteiger partial charge >= 0.3 is 0 Å². The van der Waals surface area contributed by atoms with Crippen molar-refractivity contribution in [2.45, 2.75) is 13.5 Å². The fraction of sp³-hybridized carbons (Fsp3) is 0.154. The summed E-state index contributed by atoms with van der Waals surface area (Å²) in [4.78, 5) is 26.6. The molecule has 0 amide bonds. The normalized spacial score (nSPS) is 10.9. The minimum Gasteiger partial charge on any atom is -0.359 e. The molecule has 0 saturated carbocycles. The van der Waals surface area contributed by atoms with Crippen molar-refractivity contribution in [3.63, 3.8) is 0 Å². The van der Waals surface area contributed by atoms with E-state index in [2.05, 4.69) is 10.1 Å². The van der Waals surface area contributed by atoms with Crippen LogP contribution in [-0.2, 0) is 6.54 Å². The average molecular weight is 286 g/mol. The van der Waals surface area contributed by atoms with Crippen LogP contribution in [0, 0.1) is 17.0 Å². The molecule has 2 heterocycles. The number of benzene rings is 1. The van der Waals surface area contributed by atoms with Crippen LogP contribution in [0.3, 0.4) is 0 Å². The molecular formula is C13H10N4O4. The zero-order valence-electron chi connectivity index (χ0n) is 11.0. The van der Waals surface area contributed by atoms with E-state index in [0.717, 1.165) is 5.69 Å². The van der Waals surface area contributed by atoms with Gasteiger partial charge < -0.3 is 4.52 Å². The molecule has 3 rings (SSSR count). The summed E-state index contributed by atoms with van der Waals surface area (Å²) in [6.07, 6.45) is 1.34. The minimum atomic E-state index is -0.524. The van der Waals surface area contributed by atoms with E-state index < -0.39 is 4.92 Å². The van der Waals surface area contributed by atoms with Gasteiger partial charge in [-0.05, 0) is 13.0 Å². The summed E-state index contributed by atoms with van der Waals surface area (Å²) in [5, 5.41) is 14.8. The molecule has 8 heteroatoms. The Labute approximate surface area is 117 Å². The summed E-state index contributed by atoms with van der Waals surface area (Å²) in [5.74, 6) is 0.540. The number of aryl methyl sites for hydroxylation is 1. The Balaban J connectivity index is 2.06. The summed E-state index contributed by atoms with van der Waals surface area (Å²) >= 11 is 0. The van der Waals surface area contributed by atoms with E-state index in [9.17, 15) is 14.9 Å². The van der Waals surface area contributed by atoms with Crippen LogP contribution in [0.15, 0.2) is 39.9 Å². The van der Waals surface area contributed by atoms with Gasteiger partial charge in [0, 0.05) is 18.2 Å². The molecule has 106 valence electrons. The van der Waals surface area contributed by atoms with Gasteiger partial charge in [0.1, 0.15) is 0 Å². The van der Waals surface area contributed by atoms with Crippen LogP contribution in [0.4, 0.5) is 5.69 Å². The number of fused-ring (bicyclic) bond motifs is 1. The maximum absolute atomic E-state index is 12.3. The number of hydrogen-bond acceptors (Lipinski definition) is 6. The largest absolute Gasteiger partial charge is 0.359 e. The average Bonchev–Trinajstić information content (AvgIpc) is 2.87. The minimum absolute atomic E-state index is 0.0991. The first-order valence-electron chi connectivity index (χ1n) is 6.10. The zero-order chi connectivity index (χ0) is 15.0. The number of aromatic nitrogens is 3. The van der Waals surface area contributed by atoms with Gasteiger partial charge in [-0.3, -0.25) is 19.5 Å². The summed E-state index contributed by atoms with van der Waals surface area (Å²) in [5.41, 5.74) is 0.628. The summed E-state index contributed by atoms with van der Waals surface area (Å²) in [6, 6.07) is 5.70. The molecular weight excluding hydrogens is 276 g/mol.